The summed E-state index contributed by atoms with van der Waals surface area (Å²) in [6.45, 7) is 27.6. The fourth-order valence-corrected chi connectivity index (χ4v) is 7.15. The molecule has 3 rings (SSSR count). The van der Waals surface area contributed by atoms with Crippen molar-refractivity contribution >= 4 is 0 Å². The van der Waals surface area contributed by atoms with Crippen LogP contribution in [0, 0.1) is 57.7 Å². The maximum absolute atomic E-state index is 2.52. The molecule has 23 heavy (non-hydrogen) atoms. The van der Waals surface area contributed by atoms with E-state index in [0.29, 0.717) is 16.2 Å². The van der Waals surface area contributed by atoms with Crippen LogP contribution >= 0.6 is 0 Å². The number of rotatable bonds is 1. The Morgan fingerprint density at radius 3 is 1.26 bits per heavy atom. The third-order valence-corrected chi connectivity index (χ3v) is 7.28. The summed E-state index contributed by atoms with van der Waals surface area (Å²) in [5.74, 6) is 6.22. The summed E-state index contributed by atoms with van der Waals surface area (Å²) >= 11 is 0. The van der Waals surface area contributed by atoms with Crippen molar-refractivity contribution in [3.63, 3.8) is 0 Å². The first-order valence-electron chi connectivity index (χ1n) is 10.2. The molecule has 0 aromatic carbocycles. The second kappa shape index (κ2) is 5.77. The Morgan fingerprint density at radius 1 is 0.565 bits per heavy atom. The predicted octanol–water partition coefficient (Wildman–Crippen LogP) is 7.29. The summed E-state index contributed by atoms with van der Waals surface area (Å²) in [4.78, 5) is 0. The molecule has 0 radical (unpaired) electrons. The van der Waals surface area contributed by atoms with Gasteiger partial charge in [0.15, 0.2) is 0 Å². The second-order valence-corrected chi connectivity index (χ2v) is 12.4. The van der Waals surface area contributed by atoms with E-state index < -0.39 is 0 Å². The second-order valence-electron chi connectivity index (χ2n) is 12.4. The standard InChI is InChI=1S/C23H44/c1-14(2)17-15-12-13-16(18(17)21(3,4)5)20(23(9,10)11)19(15)22(6,7)8/h14-20H,12-13H2,1-11H3. The third-order valence-electron chi connectivity index (χ3n) is 7.28. The first-order chi connectivity index (χ1) is 10.2. The van der Waals surface area contributed by atoms with Crippen LogP contribution in [0.2, 0.25) is 0 Å². The Bertz CT molecular complexity index is 409. The van der Waals surface area contributed by atoms with Crippen molar-refractivity contribution in [2.45, 2.75) is 89.0 Å². The summed E-state index contributed by atoms with van der Waals surface area (Å²) in [7, 11) is 0. The molecular formula is C23H44. The highest BCUT2D eigenvalue weighted by molar-refractivity contribution is 5.09. The fourth-order valence-electron chi connectivity index (χ4n) is 7.15. The lowest BCUT2D eigenvalue weighted by Crippen LogP contribution is -2.61. The van der Waals surface area contributed by atoms with Gasteiger partial charge in [-0.25, -0.2) is 0 Å². The van der Waals surface area contributed by atoms with E-state index in [1.54, 1.807) is 0 Å². The normalized spacial score (nSPS) is 39.1. The highest BCUT2D eigenvalue weighted by Gasteiger charge is 2.61. The molecule has 0 saturated heterocycles. The largest absolute Gasteiger partial charge is 0.0625 e. The van der Waals surface area contributed by atoms with Crippen LogP contribution < -0.4 is 0 Å². The predicted molar refractivity (Wildman–Crippen MR) is 103 cm³/mol. The van der Waals surface area contributed by atoms with Gasteiger partial charge in [0.25, 0.3) is 0 Å². The highest BCUT2D eigenvalue weighted by atomic mass is 14.7. The topological polar surface area (TPSA) is 0 Å². The van der Waals surface area contributed by atoms with Crippen molar-refractivity contribution in [1.82, 2.24) is 0 Å². The van der Waals surface area contributed by atoms with E-state index in [9.17, 15) is 0 Å². The molecule has 0 heteroatoms. The molecule has 6 atom stereocenters. The summed E-state index contributed by atoms with van der Waals surface area (Å²) in [6, 6.07) is 0. The number of hydrogen-bond acceptors (Lipinski definition) is 0. The molecule has 3 aliphatic rings. The van der Waals surface area contributed by atoms with E-state index in [0.717, 1.165) is 41.4 Å². The van der Waals surface area contributed by atoms with Gasteiger partial charge in [0, 0.05) is 0 Å². The molecule has 0 aromatic rings. The molecule has 2 bridgehead atoms. The third kappa shape index (κ3) is 3.38. The molecule has 0 spiro atoms. The number of fused-ring (bicyclic) bond motifs is 3. The first-order valence-corrected chi connectivity index (χ1v) is 10.2. The monoisotopic (exact) mass is 320 g/mol. The zero-order chi connectivity index (χ0) is 18.0. The molecule has 6 unspecified atom stereocenters. The molecule has 3 fully saturated rings. The Hall–Kier alpha value is 0. The zero-order valence-electron chi connectivity index (χ0n) is 18.0. The van der Waals surface area contributed by atoms with E-state index >= 15 is 0 Å². The highest BCUT2D eigenvalue weighted by Crippen LogP contribution is 2.67. The average Bonchev–Trinajstić information content (AvgIpc) is 2.33. The lowest BCUT2D eigenvalue weighted by Gasteiger charge is -2.67. The van der Waals surface area contributed by atoms with Crippen LogP contribution in [0.15, 0.2) is 0 Å². The van der Waals surface area contributed by atoms with E-state index in [4.69, 9.17) is 0 Å². The molecular weight excluding hydrogens is 276 g/mol. The molecule has 0 nitrogen and oxygen atoms in total. The Kier molecular flexibility index (Phi) is 4.85. The Labute approximate surface area is 147 Å². The van der Waals surface area contributed by atoms with Gasteiger partial charge in [-0.15, -0.1) is 0 Å². The van der Waals surface area contributed by atoms with Crippen molar-refractivity contribution in [3.8, 4) is 0 Å². The van der Waals surface area contributed by atoms with Crippen LogP contribution in [-0.2, 0) is 0 Å². The van der Waals surface area contributed by atoms with Gasteiger partial charge in [0.2, 0.25) is 0 Å². The van der Waals surface area contributed by atoms with Crippen molar-refractivity contribution in [3.05, 3.63) is 0 Å². The molecule has 136 valence electrons. The summed E-state index contributed by atoms with van der Waals surface area (Å²) in [5, 5.41) is 0. The maximum Gasteiger partial charge on any atom is -0.0298 e. The molecule has 0 aromatic heterocycles. The molecule has 0 amide bonds. The van der Waals surface area contributed by atoms with Crippen molar-refractivity contribution in [2.24, 2.45) is 57.7 Å². The average molecular weight is 321 g/mol. The van der Waals surface area contributed by atoms with Crippen LogP contribution in [0.25, 0.3) is 0 Å². The minimum absolute atomic E-state index is 0.423. The molecule has 3 aliphatic carbocycles. The van der Waals surface area contributed by atoms with E-state index in [2.05, 4.69) is 76.2 Å². The lowest BCUT2D eigenvalue weighted by atomic mass is 9.38. The van der Waals surface area contributed by atoms with E-state index in [-0.39, 0.29) is 0 Å². The van der Waals surface area contributed by atoms with Gasteiger partial charge in [-0.3, -0.25) is 0 Å². The van der Waals surface area contributed by atoms with Crippen molar-refractivity contribution < 1.29 is 0 Å². The maximum atomic E-state index is 2.52. The molecule has 0 heterocycles. The Balaban J connectivity index is 2.58. The van der Waals surface area contributed by atoms with Crippen molar-refractivity contribution in [2.75, 3.05) is 0 Å². The summed E-state index contributed by atoms with van der Waals surface area (Å²) < 4.78 is 0. The lowest BCUT2D eigenvalue weighted by molar-refractivity contribution is -0.185. The van der Waals surface area contributed by atoms with E-state index in [1.165, 1.54) is 12.8 Å². The van der Waals surface area contributed by atoms with Crippen LogP contribution in [0.5, 0.6) is 0 Å². The summed E-state index contributed by atoms with van der Waals surface area (Å²) in [5.41, 5.74) is 1.29. The molecule has 0 aliphatic heterocycles. The zero-order valence-corrected chi connectivity index (χ0v) is 18.0. The van der Waals surface area contributed by atoms with Gasteiger partial charge in [0.05, 0.1) is 0 Å². The Morgan fingerprint density at radius 2 is 0.913 bits per heavy atom. The van der Waals surface area contributed by atoms with Crippen LogP contribution in [0.4, 0.5) is 0 Å². The minimum Gasteiger partial charge on any atom is -0.0625 e. The van der Waals surface area contributed by atoms with Gasteiger partial charge in [-0.2, -0.15) is 0 Å². The fraction of sp³-hybridized carbons (Fsp3) is 1.00. The minimum atomic E-state index is 0.423. The first kappa shape index (κ1) is 19.3. The van der Waals surface area contributed by atoms with Gasteiger partial charge < -0.3 is 0 Å². The van der Waals surface area contributed by atoms with Gasteiger partial charge in [0.1, 0.15) is 0 Å². The van der Waals surface area contributed by atoms with Gasteiger partial charge in [-0.05, 0) is 70.5 Å². The molecule has 0 N–H and O–H groups in total. The van der Waals surface area contributed by atoms with Crippen LogP contribution in [-0.4, -0.2) is 0 Å². The van der Waals surface area contributed by atoms with Crippen molar-refractivity contribution in [1.29, 1.82) is 0 Å². The smallest absolute Gasteiger partial charge is 0.0298 e. The quantitative estimate of drug-likeness (QED) is 0.476. The van der Waals surface area contributed by atoms with Crippen LogP contribution in [0.1, 0.15) is 89.0 Å². The molecule has 3 saturated carbocycles. The van der Waals surface area contributed by atoms with Gasteiger partial charge >= 0.3 is 0 Å². The summed E-state index contributed by atoms with van der Waals surface area (Å²) in [6.07, 6.45) is 2.96. The van der Waals surface area contributed by atoms with E-state index in [1.807, 2.05) is 0 Å². The SMILES string of the molecule is CC(C)C1C2CCC(C1C(C)(C)C)C(C(C)(C)C)C2C(C)(C)C. The number of hydrogen-bond donors (Lipinski definition) is 0. The van der Waals surface area contributed by atoms with Crippen LogP contribution in [0.3, 0.4) is 0 Å². The van der Waals surface area contributed by atoms with Gasteiger partial charge in [-0.1, -0.05) is 76.2 Å².